The number of rotatable bonds is 6. The summed E-state index contributed by atoms with van der Waals surface area (Å²) < 4.78 is 12.9. The second kappa shape index (κ2) is 7.82. The Kier molecular flexibility index (Phi) is 5.32. The minimum Gasteiger partial charge on any atom is -0.484 e. The van der Waals surface area contributed by atoms with E-state index >= 15 is 0 Å². The molecule has 1 fully saturated rings. The first-order valence-corrected chi connectivity index (χ1v) is 7.88. The average Bonchev–Trinajstić information content (AvgIpc) is 3.10. The van der Waals surface area contributed by atoms with Crippen molar-refractivity contribution >= 4 is 5.91 Å². The smallest absolute Gasteiger partial charge is 0.222 e. The summed E-state index contributed by atoms with van der Waals surface area (Å²) >= 11 is 0. The van der Waals surface area contributed by atoms with Crippen LogP contribution in [0.3, 0.4) is 0 Å². The molecule has 9 heteroatoms. The van der Waals surface area contributed by atoms with Crippen LogP contribution in [0.2, 0.25) is 0 Å². The van der Waals surface area contributed by atoms with Crippen molar-refractivity contribution < 1.29 is 14.3 Å². The molecule has 1 aliphatic heterocycles. The van der Waals surface area contributed by atoms with Gasteiger partial charge in [-0.05, 0) is 35.9 Å². The van der Waals surface area contributed by atoms with Crippen LogP contribution in [0.15, 0.2) is 24.7 Å². The molecule has 0 saturated carbocycles. The summed E-state index contributed by atoms with van der Waals surface area (Å²) in [7, 11) is 0. The van der Waals surface area contributed by atoms with Crippen molar-refractivity contribution in [1.29, 1.82) is 0 Å². The Balaban J connectivity index is 1.53. The van der Waals surface area contributed by atoms with Crippen LogP contribution in [0.4, 0.5) is 0 Å². The van der Waals surface area contributed by atoms with Crippen LogP contribution in [0.1, 0.15) is 18.5 Å². The fourth-order valence-corrected chi connectivity index (χ4v) is 2.47. The van der Waals surface area contributed by atoms with E-state index in [4.69, 9.17) is 9.47 Å². The molecule has 1 amide bonds. The van der Waals surface area contributed by atoms with Gasteiger partial charge in [-0.25, -0.2) is 4.68 Å². The Morgan fingerprint density at radius 1 is 1.50 bits per heavy atom. The molecule has 0 bridgehead atoms. The quantitative estimate of drug-likeness (QED) is 0.801. The number of ether oxygens (including phenoxy) is 2. The number of carbonyl (C=O) groups excluding carboxylic acids is 1. The van der Waals surface area contributed by atoms with Gasteiger partial charge < -0.3 is 14.8 Å². The highest BCUT2D eigenvalue weighted by Crippen LogP contribution is 2.17. The molecule has 0 radical (unpaired) electrons. The van der Waals surface area contributed by atoms with E-state index in [2.05, 4.69) is 25.8 Å². The Bertz CT molecular complexity index is 646. The van der Waals surface area contributed by atoms with Gasteiger partial charge in [-0.1, -0.05) is 0 Å². The molecule has 2 aromatic rings. The van der Waals surface area contributed by atoms with Gasteiger partial charge in [-0.15, -0.1) is 5.10 Å². The van der Waals surface area contributed by atoms with E-state index in [1.165, 1.54) is 11.0 Å². The lowest BCUT2D eigenvalue weighted by Crippen LogP contribution is -2.51. The standard InChI is InChI=1S/C15H20N6O3/c1-11-2-3-12(8-16-11)24-14-9-23-7-5-13(14)18-15(22)4-6-21-10-17-19-20-21/h2-3,8,10,13-14H,4-7,9H2,1H3,(H,18,22)/t13-,14+/m1/s1. The van der Waals surface area contributed by atoms with Crippen LogP contribution < -0.4 is 10.1 Å². The molecule has 2 aromatic heterocycles. The topological polar surface area (TPSA) is 104 Å². The number of tetrazole rings is 1. The van der Waals surface area contributed by atoms with Gasteiger partial charge in [0.1, 0.15) is 18.2 Å². The lowest BCUT2D eigenvalue weighted by atomic mass is 10.1. The number of amides is 1. The summed E-state index contributed by atoms with van der Waals surface area (Å²) in [5.74, 6) is 0.608. The largest absolute Gasteiger partial charge is 0.484 e. The summed E-state index contributed by atoms with van der Waals surface area (Å²) in [4.78, 5) is 16.4. The second-order valence-corrected chi connectivity index (χ2v) is 5.65. The molecule has 0 unspecified atom stereocenters. The third-order valence-electron chi connectivity index (χ3n) is 3.78. The SMILES string of the molecule is Cc1ccc(O[C@H]2COCC[C@H]2NC(=O)CCn2cnnn2)cn1. The number of hydrogen-bond donors (Lipinski definition) is 1. The van der Waals surface area contributed by atoms with Gasteiger partial charge in [0.05, 0.1) is 25.4 Å². The van der Waals surface area contributed by atoms with Gasteiger partial charge in [0.25, 0.3) is 0 Å². The highest BCUT2D eigenvalue weighted by molar-refractivity contribution is 5.76. The van der Waals surface area contributed by atoms with Gasteiger partial charge >= 0.3 is 0 Å². The molecule has 1 aliphatic rings. The zero-order valence-electron chi connectivity index (χ0n) is 13.5. The van der Waals surface area contributed by atoms with E-state index < -0.39 is 0 Å². The zero-order valence-corrected chi connectivity index (χ0v) is 13.5. The summed E-state index contributed by atoms with van der Waals surface area (Å²) in [5, 5.41) is 13.8. The molecule has 1 saturated heterocycles. The van der Waals surface area contributed by atoms with Crippen LogP contribution in [0.25, 0.3) is 0 Å². The van der Waals surface area contributed by atoms with Gasteiger partial charge in [0, 0.05) is 18.7 Å². The van der Waals surface area contributed by atoms with Gasteiger partial charge in [-0.2, -0.15) is 0 Å². The molecule has 2 atom stereocenters. The van der Waals surface area contributed by atoms with Crippen molar-refractivity contribution in [2.75, 3.05) is 13.2 Å². The van der Waals surface area contributed by atoms with Gasteiger partial charge in [-0.3, -0.25) is 9.78 Å². The number of aromatic nitrogens is 5. The molecule has 1 N–H and O–H groups in total. The lowest BCUT2D eigenvalue weighted by molar-refractivity contribution is -0.124. The third-order valence-corrected chi connectivity index (χ3v) is 3.78. The van der Waals surface area contributed by atoms with Crippen molar-refractivity contribution in [2.45, 2.75) is 38.5 Å². The van der Waals surface area contributed by atoms with Crippen molar-refractivity contribution in [1.82, 2.24) is 30.5 Å². The van der Waals surface area contributed by atoms with E-state index in [0.717, 1.165) is 5.69 Å². The average molecular weight is 332 g/mol. The number of carbonyl (C=O) groups is 1. The molecule has 9 nitrogen and oxygen atoms in total. The molecular weight excluding hydrogens is 312 g/mol. The Morgan fingerprint density at radius 2 is 2.42 bits per heavy atom. The van der Waals surface area contributed by atoms with Crippen molar-refractivity contribution in [3.05, 3.63) is 30.4 Å². The Morgan fingerprint density at radius 3 is 3.17 bits per heavy atom. The fraction of sp³-hybridized carbons (Fsp3) is 0.533. The van der Waals surface area contributed by atoms with Crippen molar-refractivity contribution in [3.63, 3.8) is 0 Å². The maximum absolute atomic E-state index is 12.1. The number of aryl methyl sites for hydroxylation is 2. The van der Waals surface area contributed by atoms with Crippen molar-refractivity contribution in [2.24, 2.45) is 0 Å². The summed E-state index contributed by atoms with van der Waals surface area (Å²) in [6.07, 6.45) is 3.95. The maximum atomic E-state index is 12.1. The van der Waals surface area contributed by atoms with E-state index in [0.29, 0.717) is 38.3 Å². The van der Waals surface area contributed by atoms with Crippen LogP contribution >= 0.6 is 0 Å². The minimum absolute atomic E-state index is 0.0620. The van der Waals surface area contributed by atoms with E-state index in [-0.39, 0.29) is 18.1 Å². The summed E-state index contributed by atoms with van der Waals surface area (Å²) in [6.45, 7) is 3.40. The lowest BCUT2D eigenvalue weighted by Gasteiger charge is -2.32. The normalized spacial score (nSPS) is 20.5. The first-order valence-electron chi connectivity index (χ1n) is 7.88. The highest BCUT2D eigenvalue weighted by atomic mass is 16.5. The van der Waals surface area contributed by atoms with Crippen LogP contribution in [0, 0.1) is 6.92 Å². The fourth-order valence-electron chi connectivity index (χ4n) is 2.47. The Labute approximate surface area is 139 Å². The molecule has 0 spiro atoms. The molecule has 24 heavy (non-hydrogen) atoms. The summed E-state index contributed by atoms with van der Waals surface area (Å²) in [5.41, 5.74) is 0.926. The summed E-state index contributed by atoms with van der Waals surface area (Å²) in [6, 6.07) is 3.66. The van der Waals surface area contributed by atoms with Gasteiger partial charge in [0.2, 0.25) is 5.91 Å². The third kappa shape index (κ3) is 4.48. The van der Waals surface area contributed by atoms with E-state index in [1.54, 1.807) is 6.20 Å². The van der Waals surface area contributed by atoms with Gasteiger partial charge in [0.15, 0.2) is 0 Å². The van der Waals surface area contributed by atoms with E-state index in [9.17, 15) is 4.79 Å². The molecule has 3 rings (SSSR count). The molecule has 3 heterocycles. The minimum atomic E-state index is -0.236. The maximum Gasteiger partial charge on any atom is 0.222 e. The first-order chi connectivity index (χ1) is 11.7. The van der Waals surface area contributed by atoms with Crippen molar-refractivity contribution in [3.8, 4) is 5.75 Å². The van der Waals surface area contributed by atoms with E-state index in [1.807, 2.05) is 19.1 Å². The van der Waals surface area contributed by atoms with Crippen LogP contribution in [-0.4, -0.2) is 56.5 Å². The second-order valence-electron chi connectivity index (χ2n) is 5.65. The number of hydrogen-bond acceptors (Lipinski definition) is 7. The monoisotopic (exact) mass is 332 g/mol. The molecular formula is C15H20N6O3. The van der Waals surface area contributed by atoms with Crippen LogP contribution in [-0.2, 0) is 16.1 Å². The predicted molar refractivity (Wildman–Crippen MR) is 83.2 cm³/mol. The number of nitrogens with zero attached hydrogens (tertiary/aromatic N) is 5. The highest BCUT2D eigenvalue weighted by Gasteiger charge is 2.29. The first kappa shape index (κ1) is 16.3. The number of pyridine rings is 1. The molecule has 0 aromatic carbocycles. The molecule has 0 aliphatic carbocycles. The molecule has 128 valence electrons. The Hall–Kier alpha value is -2.55. The number of nitrogens with one attached hydrogen (secondary N) is 1. The zero-order chi connectivity index (χ0) is 16.8. The predicted octanol–water partition coefficient (Wildman–Crippen LogP) is 0.119. The van der Waals surface area contributed by atoms with Crippen LogP contribution in [0.5, 0.6) is 5.75 Å².